The summed E-state index contributed by atoms with van der Waals surface area (Å²) in [5.41, 5.74) is 2.35. The van der Waals surface area contributed by atoms with E-state index in [9.17, 15) is 9.59 Å². The molecule has 1 saturated heterocycles. The van der Waals surface area contributed by atoms with Crippen LogP contribution in [0.15, 0.2) is 76.8 Å². The molecule has 2 aliphatic heterocycles. The zero-order valence-corrected chi connectivity index (χ0v) is 19.1. The van der Waals surface area contributed by atoms with E-state index in [1.165, 1.54) is 11.8 Å². The minimum Gasteiger partial charge on any atom is -0.497 e. The summed E-state index contributed by atoms with van der Waals surface area (Å²) in [6.07, 6.45) is 1.71. The minimum absolute atomic E-state index is 0.00835. The number of ether oxygens (including phenoxy) is 1. The summed E-state index contributed by atoms with van der Waals surface area (Å²) in [5, 5.41) is 0.728. The lowest BCUT2D eigenvalue weighted by Gasteiger charge is -2.37. The Labute approximate surface area is 197 Å². The quantitative estimate of drug-likeness (QED) is 0.593. The molecule has 168 valence electrons. The van der Waals surface area contributed by atoms with Crippen LogP contribution < -0.4 is 14.5 Å². The Bertz CT molecular complexity index is 1190. The van der Waals surface area contributed by atoms with E-state index < -0.39 is 0 Å². The van der Waals surface area contributed by atoms with Gasteiger partial charge >= 0.3 is 0 Å². The van der Waals surface area contributed by atoms with E-state index in [1.807, 2.05) is 47.4 Å². The highest BCUT2D eigenvalue weighted by atomic mass is 32.2. The number of aromatic nitrogens is 1. The van der Waals surface area contributed by atoms with Gasteiger partial charge in [0.2, 0.25) is 5.91 Å². The first-order valence-corrected chi connectivity index (χ1v) is 11.7. The lowest BCUT2D eigenvalue weighted by Crippen LogP contribution is -2.52. The number of carbonyl (C=O) groups excluding carboxylic acids is 2. The predicted molar refractivity (Wildman–Crippen MR) is 128 cm³/mol. The Kier molecular flexibility index (Phi) is 5.92. The largest absolute Gasteiger partial charge is 0.497 e. The van der Waals surface area contributed by atoms with Crippen LogP contribution in [0.25, 0.3) is 0 Å². The van der Waals surface area contributed by atoms with Crippen LogP contribution in [0.5, 0.6) is 5.75 Å². The van der Waals surface area contributed by atoms with Crippen molar-refractivity contribution in [3.05, 3.63) is 72.4 Å². The van der Waals surface area contributed by atoms with Gasteiger partial charge in [-0.3, -0.25) is 14.5 Å². The molecule has 0 bridgehead atoms. The maximum absolute atomic E-state index is 13.4. The molecule has 3 aromatic rings. The van der Waals surface area contributed by atoms with Crippen molar-refractivity contribution in [3.8, 4) is 5.75 Å². The van der Waals surface area contributed by atoms with E-state index in [4.69, 9.17) is 4.74 Å². The van der Waals surface area contributed by atoms with Crippen molar-refractivity contribution in [3.63, 3.8) is 0 Å². The first-order valence-electron chi connectivity index (χ1n) is 10.8. The summed E-state index contributed by atoms with van der Waals surface area (Å²) in [7, 11) is 1.66. The second-order valence-corrected chi connectivity index (χ2v) is 8.92. The Morgan fingerprint density at radius 2 is 1.85 bits per heavy atom. The first kappa shape index (κ1) is 21.3. The van der Waals surface area contributed by atoms with Crippen molar-refractivity contribution >= 4 is 35.0 Å². The van der Waals surface area contributed by atoms with Crippen LogP contribution in [-0.4, -0.2) is 61.5 Å². The number of amides is 2. The Morgan fingerprint density at radius 3 is 2.67 bits per heavy atom. The highest BCUT2D eigenvalue weighted by molar-refractivity contribution is 7.99. The highest BCUT2D eigenvalue weighted by Crippen LogP contribution is 2.39. The third-order valence-corrected chi connectivity index (χ3v) is 7.04. The van der Waals surface area contributed by atoms with Gasteiger partial charge in [0.15, 0.2) is 0 Å². The molecule has 2 aromatic carbocycles. The molecule has 5 rings (SSSR count). The monoisotopic (exact) mass is 460 g/mol. The molecule has 7 nitrogen and oxygen atoms in total. The van der Waals surface area contributed by atoms with Gasteiger partial charge in [-0.1, -0.05) is 30.0 Å². The van der Waals surface area contributed by atoms with E-state index in [2.05, 4.69) is 16.0 Å². The summed E-state index contributed by atoms with van der Waals surface area (Å²) in [6, 6.07) is 19.1. The number of benzene rings is 2. The number of carbonyl (C=O) groups is 2. The van der Waals surface area contributed by atoms with Crippen molar-refractivity contribution in [1.82, 2.24) is 9.88 Å². The molecule has 1 fully saturated rings. The third-order valence-electron chi connectivity index (χ3n) is 5.96. The van der Waals surface area contributed by atoms with Crippen molar-refractivity contribution < 1.29 is 14.3 Å². The van der Waals surface area contributed by atoms with Gasteiger partial charge in [0.25, 0.3) is 5.91 Å². The molecule has 0 aliphatic carbocycles. The number of anilines is 2. The molecule has 0 saturated carbocycles. The number of hydrogen-bond donors (Lipinski definition) is 0. The standard InChI is InChI=1S/C25H24N4O3S/c1-32-19-7-4-6-18(16-19)27-12-14-28(15-13-27)23(30)17-29-21-9-5-11-26-24(21)33-22-10-3-2-8-20(22)25(29)31/h2-11,16H,12-15,17H2,1H3. The van der Waals surface area contributed by atoms with Crippen LogP contribution in [0.1, 0.15) is 10.4 Å². The first-order chi connectivity index (χ1) is 16.1. The van der Waals surface area contributed by atoms with Crippen molar-refractivity contribution in [1.29, 1.82) is 0 Å². The topological polar surface area (TPSA) is 66.0 Å². The molecule has 1 aromatic heterocycles. The van der Waals surface area contributed by atoms with E-state index in [1.54, 1.807) is 30.3 Å². The molecule has 0 spiro atoms. The molecular formula is C25H24N4O3S. The smallest absolute Gasteiger partial charge is 0.259 e. The van der Waals surface area contributed by atoms with Gasteiger partial charge in [0.05, 0.1) is 18.4 Å². The summed E-state index contributed by atoms with van der Waals surface area (Å²) in [5.74, 6) is 0.581. The van der Waals surface area contributed by atoms with Gasteiger partial charge in [0, 0.05) is 49.0 Å². The van der Waals surface area contributed by atoms with Gasteiger partial charge in [-0.25, -0.2) is 4.98 Å². The van der Waals surface area contributed by atoms with Gasteiger partial charge < -0.3 is 14.5 Å². The minimum atomic E-state index is -0.173. The average molecular weight is 461 g/mol. The van der Waals surface area contributed by atoms with Crippen LogP contribution in [0, 0.1) is 0 Å². The zero-order valence-electron chi connectivity index (χ0n) is 18.3. The third kappa shape index (κ3) is 4.26. The molecule has 0 unspecified atom stereocenters. The Hall–Kier alpha value is -3.52. The van der Waals surface area contributed by atoms with Crippen LogP contribution in [0.3, 0.4) is 0 Å². The Morgan fingerprint density at radius 1 is 1.03 bits per heavy atom. The summed E-state index contributed by atoms with van der Waals surface area (Å²) < 4.78 is 5.33. The van der Waals surface area contributed by atoms with Crippen LogP contribution in [-0.2, 0) is 4.79 Å². The molecule has 0 N–H and O–H groups in total. The second kappa shape index (κ2) is 9.15. The average Bonchev–Trinajstić information content (AvgIpc) is 2.98. The van der Waals surface area contributed by atoms with E-state index >= 15 is 0 Å². The highest BCUT2D eigenvalue weighted by Gasteiger charge is 2.31. The normalized spacial score (nSPS) is 15.5. The number of rotatable bonds is 4. The zero-order chi connectivity index (χ0) is 22.8. The van der Waals surface area contributed by atoms with Crippen molar-refractivity contribution in [2.75, 3.05) is 49.6 Å². The van der Waals surface area contributed by atoms with Crippen LogP contribution in [0.2, 0.25) is 0 Å². The number of pyridine rings is 1. The van der Waals surface area contributed by atoms with Gasteiger partial charge in [-0.2, -0.15) is 0 Å². The summed E-state index contributed by atoms with van der Waals surface area (Å²) in [6.45, 7) is 2.64. The van der Waals surface area contributed by atoms with Crippen molar-refractivity contribution in [2.24, 2.45) is 0 Å². The van der Waals surface area contributed by atoms with E-state index in [0.29, 0.717) is 24.3 Å². The fourth-order valence-corrected chi connectivity index (χ4v) is 5.19. The predicted octanol–water partition coefficient (Wildman–Crippen LogP) is 3.55. The molecule has 8 heteroatoms. The SMILES string of the molecule is COc1cccc(N2CCN(C(=O)CN3C(=O)c4ccccc4Sc4ncccc43)CC2)c1. The van der Waals surface area contributed by atoms with Gasteiger partial charge in [-0.15, -0.1) is 0 Å². The fraction of sp³-hybridized carbons (Fsp3) is 0.240. The lowest BCUT2D eigenvalue weighted by atomic mass is 10.2. The molecule has 0 atom stereocenters. The Balaban J connectivity index is 1.32. The summed E-state index contributed by atoms with van der Waals surface area (Å²) in [4.78, 5) is 37.6. The molecule has 33 heavy (non-hydrogen) atoms. The van der Waals surface area contributed by atoms with Crippen LogP contribution in [0.4, 0.5) is 11.4 Å². The molecule has 3 heterocycles. The molecular weight excluding hydrogens is 436 g/mol. The maximum Gasteiger partial charge on any atom is 0.259 e. The van der Waals surface area contributed by atoms with Crippen molar-refractivity contribution in [2.45, 2.75) is 9.92 Å². The van der Waals surface area contributed by atoms with Gasteiger partial charge in [0.1, 0.15) is 17.3 Å². The van der Waals surface area contributed by atoms with Gasteiger partial charge in [-0.05, 0) is 36.4 Å². The second-order valence-electron chi connectivity index (χ2n) is 7.89. The van der Waals surface area contributed by atoms with Crippen LogP contribution >= 0.6 is 11.8 Å². The van der Waals surface area contributed by atoms with E-state index in [-0.39, 0.29) is 18.4 Å². The molecule has 0 radical (unpaired) electrons. The fourth-order valence-electron chi connectivity index (χ4n) is 4.17. The van der Waals surface area contributed by atoms with E-state index in [0.717, 1.165) is 34.4 Å². The molecule has 2 amide bonds. The number of piperazine rings is 1. The molecule has 2 aliphatic rings. The maximum atomic E-state index is 13.4. The lowest BCUT2D eigenvalue weighted by molar-refractivity contribution is -0.129. The summed E-state index contributed by atoms with van der Waals surface area (Å²) >= 11 is 1.46. The number of nitrogens with zero attached hydrogens (tertiary/aromatic N) is 4. The number of methoxy groups -OCH3 is 1. The number of fused-ring (bicyclic) bond motifs is 2. The number of hydrogen-bond acceptors (Lipinski definition) is 6.